The second-order valence-electron chi connectivity index (χ2n) is 4.28. The minimum atomic E-state index is -0.426. The number of aryl methyl sites for hydroxylation is 1. The molecule has 20 heavy (non-hydrogen) atoms. The first-order valence-electron chi connectivity index (χ1n) is 5.82. The van der Waals surface area contributed by atoms with Crippen LogP contribution in [-0.4, -0.2) is 14.9 Å². The highest BCUT2D eigenvalue weighted by Gasteiger charge is 2.15. The molecule has 100 valence electrons. The SMILES string of the molecule is Cc1sc2ncnc(-c3cccc([N+](=O)[O-])c3)c2c1N. The maximum atomic E-state index is 10.9. The summed E-state index contributed by atoms with van der Waals surface area (Å²) in [4.78, 5) is 20.6. The molecule has 0 saturated heterocycles. The van der Waals surface area contributed by atoms with E-state index in [9.17, 15) is 10.1 Å². The van der Waals surface area contributed by atoms with Crippen LogP contribution in [0.4, 0.5) is 11.4 Å². The molecule has 0 bridgehead atoms. The molecule has 0 aliphatic heterocycles. The summed E-state index contributed by atoms with van der Waals surface area (Å²) in [5.74, 6) is 0. The van der Waals surface area contributed by atoms with Crippen LogP contribution >= 0.6 is 11.3 Å². The molecule has 0 unspecified atom stereocenters. The van der Waals surface area contributed by atoms with Crippen LogP contribution in [0.3, 0.4) is 0 Å². The number of anilines is 1. The Hall–Kier alpha value is -2.54. The van der Waals surface area contributed by atoms with Crippen LogP contribution in [0, 0.1) is 17.0 Å². The summed E-state index contributed by atoms with van der Waals surface area (Å²) < 4.78 is 0. The summed E-state index contributed by atoms with van der Waals surface area (Å²) in [6, 6.07) is 6.36. The molecule has 1 aromatic carbocycles. The summed E-state index contributed by atoms with van der Waals surface area (Å²) in [5.41, 5.74) is 8.02. The molecule has 0 fully saturated rings. The van der Waals surface area contributed by atoms with Gasteiger partial charge in [-0.05, 0) is 6.92 Å². The highest BCUT2D eigenvalue weighted by atomic mass is 32.1. The van der Waals surface area contributed by atoms with Crippen molar-refractivity contribution in [2.24, 2.45) is 0 Å². The van der Waals surface area contributed by atoms with E-state index in [1.165, 1.54) is 29.8 Å². The highest BCUT2D eigenvalue weighted by Crippen LogP contribution is 2.37. The maximum absolute atomic E-state index is 10.9. The lowest BCUT2D eigenvalue weighted by atomic mass is 10.1. The molecule has 0 aliphatic rings. The number of nitro groups is 1. The zero-order valence-electron chi connectivity index (χ0n) is 10.5. The topological polar surface area (TPSA) is 94.9 Å². The zero-order valence-corrected chi connectivity index (χ0v) is 11.3. The van der Waals surface area contributed by atoms with Gasteiger partial charge in [-0.1, -0.05) is 12.1 Å². The number of nitrogens with zero attached hydrogens (tertiary/aromatic N) is 3. The monoisotopic (exact) mass is 286 g/mol. The normalized spacial score (nSPS) is 10.8. The molecule has 0 saturated carbocycles. The van der Waals surface area contributed by atoms with Crippen LogP contribution in [0.2, 0.25) is 0 Å². The Morgan fingerprint density at radius 1 is 1.35 bits per heavy atom. The van der Waals surface area contributed by atoms with Gasteiger partial charge in [0.05, 0.1) is 21.7 Å². The number of rotatable bonds is 2. The van der Waals surface area contributed by atoms with E-state index >= 15 is 0 Å². The summed E-state index contributed by atoms with van der Waals surface area (Å²) in [6.45, 7) is 1.92. The van der Waals surface area contributed by atoms with Crippen LogP contribution in [0.25, 0.3) is 21.5 Å². The maximum Gasteiger partial charge on any atom is 0.270 e. The standard InChI is InChI=1S/C13H10N4O2S/c1-7-11(14)10-12(15-6-16-13(10)20-7)8-3-2-4-9(5-8)17(18)19/h2-6H,14H2,1H3. The van der Waals surface area contributed by atoms with E-state index in [4.69, 9.17) is 5.73 Å². The van der Waals surface area contributed by atoms with Gasteiger partial charge in [0.15, 0.2) is 0 Å². The molecule has 0 atom stereocenters. The number of benzene rings is 1. The fourth-order valence-electron chi connectivity index (χ4n) is 2.05. The average molecular weight is 286 g/mol. The number of thiophene rings is 1. The quantitative estimate of drug-likeness (QED) is 0.576. The van der Waals surface area contributed by atoms with Gasteiger partial charge >= 0.3 is 0 Å². The second-order valence-corrected chi connectivity index (χ2v) is 5.48. The summed E-state index contributed by atoms with van der Waals surface area (Å²) in [7, 11) is 0. The predicted octanol–water partition coefficient (Wildman–Crippen LogP) is 3.16. The predicted molar refractivity (Wildman–Crippen MR) is 78.7 cm³/mol. The van der Waals surface area contributed by atoms with E-state index in [-0.39, 0.29) is 5.69 Å². The first-order valence-corrected chi connectivity index (χ1v) is 6.64. The third-order valence-electron chi connectivity index (χ3n) is 3.04. The van der Waals surface area contributed by atoms with Crippen molar-refractivity contribution >= 4 is 32.9 Å². The number of nitrogen functional groups attached to an aromatic ring is 1. The Bertz CT molecular complexity index is 828. The number of aromatic nitrogens is 2. The van der Waals surface area contributed by atoms with Gasteiger partial charge in [-0.2, -0.15) is 0 Å². The lowest BCUT2D eigenvalue weighted by Crippen LogP contribution is -1.92. The van der Waals surface area contributed by atoms with Crippen molar-refractivity contribution in [3.8, 4) is 11.3 Å². The lowest BCUT2D eigenvalue weighted by molar-refractivity contribution is -0.384. The fourth-order valence-corrected chi connectivity index (χ4v) is 2.96. The van der Waals surface area contributed by atoms with E-state index in [0.29, 0.717) is 16.9 Å². The first kappa shape index (κ1) is 12.5. The summed E-state index contributed by atoms with van der Waals surface area (Å²) >= 11 is 1.49. The molecule has 2 heterocycles. The Labute approximate surface area is 118 Å². The van der Waals surface area contributed by atoms with Crippen LogP contribution in [0.5, 0.6) is 0 Å². The van der Waals surface area contributed by atoms with Crippen LogP contribution in [0.15, 0.2) is 30.6 Å². The molecule has 3 rings (SSSR count). The first-order chi connectivity index (χ1) is 9.58. The van der Waals surface area contributed by atoms with Crippen molar-refractivity contribution < 1.29 is 4.92 Å². The Morgan fingerprint density at radius 3 is 2.90 bits per heavy atom. The largest absolute Gasteiger partial charge is 0.397 e. The number of fused-ring (bicyclic) bond motifs is 1. The van der Waals surface area contributed by atoms with Gasteiger partial charge < -0.3 is 5.73 Å². The Balaban J connectivity index is 2.29. The van der Waals surface area contributed by atoms with Crippen LogP contribution in [0.1, 0.15) is 4.88 Å². The van der Waals surface area contributed by atoms with Crippen molar-refractivity contribution in [1.82, 2.24) is 9.97 Å². The number of nitro benzene ring substituents is 1. The molecular weight excluding hydrogens is 276 g/mol. The van der Waals surface area contributed by atoms with E-state index in [2.05, 4.69) is 9.97 Å². The van der Waals surface area contributed by atoms with E-state index in [1.54, 1.807) is 12.1 Å². The summed E-state index contributed by atoms with van der Waals surface area (Å²) in [6.07, 6.45) is 1.45. The molecule has 2 N–H and O–H groups in total. The van der Waals surface area contributed by atoms with Gasteiger partial charge in [-0.3, -0.25) is 10.1 Å². The van der Waals surface area contributed by atoms with Crippen molar-refractivity contribution in [3.63, 3.8) is 0 Å². The van der Waals surface area contributed by atoms with Gasteiger partial charge in [-0.15, -0.1) is 11.3 Å². The van der Waals surface area contributed by atoms with Gasteiger partial charge in [0.25, 0.3) is 5.69 Å². The molecule has 3 aromatic rings. The zero-order chi connectivity index (χ0) is 14.3. The van der Waals surface area contributed by atoms with E-state index in [0.717, 1.165) is 15.1 Å². The molecule has 6 nitrogen and oxygen atoms in total. The highest BCUT2D eigenvalue weighted by molar-refractivity contribution is 7.19. The number of nitrogens with two attached hydrogens (primary N) is 1. The van der Waals surface area contributed by atoms with Crippen molar-refractivity contribution in [1.29, 1.82) is 0 Å². The molecule has 0 amide bonds. The van der Waals surface area contributed by atoms with E-state index < -0.39 is 4.92 Å². The molecule has 2 aromatic heterocycles. The average Bonchev–Trinajstić information content (AvgIpc) is 2.74. The third kappa shape index (κ3) is 1.88. The Kier molecular flexibility index (Phi) is 2.83. The number of hydrogen-bond donors (Lipinski definition) is 1. The molecule has 0 radical (unpaired) electrons. The van der Waals surface area contributed by atoms with Gasteiger partial charge in [0.2, 0.25) is 0 Å². The number of non-ortho nitro benzene ring substituents is 1. The third-order valence-corrected chi connectivity index (χ3v) is 4.07. The summed E-state index contributed by atoms with van der Waals surface area (Å²) in [5, 5.41) is 11.6. The van der Waals surface area contributed by atoms with Gasteiger partial charge in [0.1, 0.15) is 11.2 Å². The molecule has 7 heteroatoms. The van der Waals surface area contributed by atoms with Crippen molar-refractivity contribution in [2.45, 2.75) is 6.92 Å². The van der Waals surface area contributed by atoms with Crippen LogP contribution < -0.4 is 5.73 Å². The van der Waals surface area contributed by atoms with Crippen molar-refractivity contribution in [3.05, 3.63) is 45.6 Å². The second kappa shape index (κ2) is 4.53. The molecular formula is C13H10N4O2S. The van der Waals surface area contributed by atoms with Crippen molar-refractivity contribution in [2.75, 3.05) is 5.73 Å². The number of hydrogen-bond acceptors (Lipinski definition) is 6. The van der Waals surface area contributed by atoms with Crippen LogP contribution in [-0.2, 0) is 0 Å². The lowest BCUT2D eigenvalue weighted by Gasteiger charge is -2.03. The minimum absolute atomic E-state index is 0.0276. The van der Waals surface area contributed by atoms with E-state index in [1.807, 2.05) is 6.92 Å². The Morgan fingerprint density at radius 2 is 2.15 bits per heavy atom. The van der Waals surface area contributed by atoms with Gasteiger partial charge in [0, 0.05) is 22.6 Å². The molecule has 0 aliphatic carbocycles. The fraction of sp³-hybridized carbons (Fsp3) is 0.0769. The molecule has 0 spiro atoms. The minimum Gasteiger partial charge on any atom is -0.397 e. The smallest absolute Gasteiger partial charge is 0.270 e. The van der Waals surface area contributed by atoms with Gasteiger partial charge in [-0.25, -0.2) is 9.97 Å².